The Bertz CT molecular complexity index is 145. The van der Waals surface area contributed by atoms with Gasteiger partial charge in [0.25, 0.3) is 0 Å². The molecule has 3 N–H and O–H groups in total. The van der Waals surface area contributed by atoms with E-state index in [9.17, 15) is 4.79 Å². The maximum atomic E-state index is 9.88. The number of rotatable bonds is 4. The maximum absolute atomic E-state index is 9.88. The fourth-order valence-corrected chi connectivity index (χ4v) is 0.456. The molecular weight excluding hydrogens is 148 g/mol. The van der Waals surface area contributed by atoms with Gasteiger partial charge in [-0.3, -0.25) is 4.79 Å². The van der Waals surface area contributed by atoms with Gasteiger partial charge in [-0.15, -0.1) is 0 Å². The summed E-state index contributed by atoms with van der Waals surface area (Å²) in [6.45, 7) is 4.25. The molecule has 0 unspecified atom stereocenters. The van der Waals surface area contributed by atoms with Gasteiger partial charge in [0.05, 0.1) is 4.99 Å². The number of carbonyl (C=O) groups excluding carboxylic acids is 1. The van der Waals surface area contributed by atoms with Gasteiger partial charge in [0, 0.05) is 12.0 Å². The number of nitrogens with one attached hydrogen (secondary N) is 1. The Balaban J connectivity index is 3.86. The Kier molecular flexibility index (Phi) is 3.28. The lowest BCUT2D eigenvalue weighted by molar-refractivity contribution is -0.109. The average Bonchev–Trinajstić information content (AvgIpc) is 1.84. The molecule has 0 aliphatic carbocycles. The second-order valence-corrected chi connectivity index (χ2v) is 3.19. The molecule has 0 aliphatic rings. The van der Waals surface area contributed by atoms with Crippen LogP contribution in [0.2, 0.25) is 0 Å². The summed E-state index contributed by atoms with van der Waals surface area (Å²) in [6, 6.07) is 0. The average molecular weight is 160 g/mol. The van der Waals surface area contributed by atoms with Crippen LogP contribution in [0.4, 0.5) is 0 Å². The van der Waals surface area contributed by atoms with E-state index in [1.807, 2.05) is 13.8 Å². The predicted molar refractivity (Wildman–Crippen MR) is 44.6 cm³/mol. The molecule has 0 rings (SSSR count). The van der Waals surface area contributed by atoms with Crippen molar-refractivity contribution in [3.8, 4) is 0 Å². The summed E-state index contributed by atoms with van der Waals surface area (Å²) in [7, 11) is 0. The molecule has 0 saturated heterocycles. The van der Waals surface area contributed by atoms with Crippen LogP contribution in [0.5, 0.6) is 0 Å². The monoisotopic (exact) mass is 160 g/mol. The summed E-state index contributed by atoms with van der Waals surface area (Å²) in [5.74, 6) is 0. The van der Waals surface area contributed by atoms with Gasteiger partial charge in [-0.05, 0) is 0 Å². The van der Waals surface area contributed by atoms with Crippen LogP contribution in [0.3, 0.4) is 0 Å². The van der Waals surface area contributed by atoms with E-state index in [-0.39, 0.29) is 5.41 Å². The molecule has 0 spiro atoms. The van der Waals surface area contributed by atoms with Crippen molar-refractivity contribution in [3.63, 3.8) is 0 Å². The zero-order chi connectivity index (χ0) is 8.20. The fraction of sp³-hybridized carbons (Fsp3) is 0.667. The molecule has 0 aromatic heterocycles. The van der Waals surface area contributed by atoms with E-state index in [2.05, 4.69) is 5.32 Å². The Morgan fingerprint density at radius 3 is 2.60 bits per heavy atom. The van der Waals surface area contributed by atoms with Crippen molar-refractivity contribution < 1.29 is 4.79 Å². The summed E-state index contributed by atoms with van der Waals surface area (Å²) in [6.07, 6.45) is 0.639. The summed E-state index contributed by atoms with van der Waals surface area (Å²) >= 11 is 4.77. The number of carbonyl (C=O) groups is 1. The van der Waals surface area contributed by atoms with Gasteiger partial charge in [0.2, 0.25) is 6.41 Å². The van der Waals surface area contributed by atoms with Crippen LogP contribution >= 0.6 is 12.2 Å². The molecule has 4 heteroatoms. The first-order valence-corrected chi connectivity index (χ1v) is 3.38. The van der Waals surface area contributed by atoms with Gasteiger partial charge in [-0.2, -0.15) is 0 Å². The third kappa shape index (κ3) is 2.77. The number of hydrogen-bond donors (Lipinski definition) is 2. The second-order valence-electron chi connectivity index (χ2n) is 2.75. The number of nitrogens with two attached hydrogens (primary N) is 1. The highest BCUT2D eigenvalue weighted by Gasteiger charge is 2.20. The molecule has 0 radical (unpaired) electrons. The quantitative estimate of drug-likeness (QED) is 0.451. The maximum Gasteiger partial charge on any atom is 0.207 e. The highest BCUT2D eigenvalue weighted by molar-refractivity contribution is 7.80. The normalized spacial score (nSPS) is 10.6. The van der Waals surface area contributed by atoms with Gasteiger partial charge >= 0.3 is 0 Å². The SMILES string of the molecule is CC(C)(CNC=O)C(N)=S. The van der Waals surface area contributed by atoms with Gasteiger partial charge in [0.1, 0.15) is 0 Å². The smallest absolute Gasteiger partial charge is 0.207 e. The van der Waals surface area contributed by atoms with E-state index >= 15 is 0 Å². The fourth-order valence-electron chi connectivity index (χ4n) is 0.384. The van der Waals surface area contributed by atoms with Gasteiger partial charge < -0.3 is 11.1 Å². The molecule has 0 bridgehead atoms. The molecule has 0 heterocycles. The zero-order valence-electron chi connectivity index (χ0n) is 6.18. The zero-order valence-corrected chi connectivity index (χ0v) is 6.99. The van der Waals surface area contributed by atoms with Crippen molar-refractivity contribution in [1.82, 2.24) is 5.32 Å². The van der Waals surface area contributed by atoms with Crippen LogP contribution < -0.4 is 11.1 Å². The Morgan fingerprint density at radius 2 is 2.30 bits per heavy atom. The lowest BCUT2D eigenvalue weighted by Gasteiger charge is -2.21. The van der Waals surface area contributed by atoms with Crippen molar-refractivity contribution in [2.75, 3.05) is 6.54 Å². The van der Waals surface area contributed by atoms with Crippen molar-refractivity contribution in [3.05, 3.63) is 0 Å². The molecule has 0 aromatic rings. The molecule has 0 saturated carbocycles. The first kappa shape index (κ1) is 9.36. The number of amides is 1. The van der Waals surface area contributed by atoms with Crippen molar-refractivity contribution >= 4 is 23.6 Å². The van der Waals surface area contributed by atoms with E-state index in [1.165, 1.54) is 0 Å². The molecule has 3 nitrogen and oxygen atoms in total. The standard InChI is InChI=1S/C6H12N2OS/c1-6(2,5(7)10)3-8-4-9/h4H,3H2,1-2H3,(H2,7,10)(H,8,9). The third-order valence-electron chi connectivity index (χ3n) is 1.29. The third-order valence-corrected chi connectivity index (χ3v) is 1.85. The first-order chi connectivity index (χ1) is 4.50. The summed E-state index contributed by atoms with van der Waals surface area (Å²) in [5.41, 5.74) is 5.11. The molecule has 10 heavy (non-hydrogen) atoms. The van der Waals surface area contributed by atoms with E-state index < -0.39 is 0 Å². The van der Waals surface area contributed by atoms with E-state index in [4.69, 9.17) is 18.0 Å². The Morgan fingerprint density at radius 1 is 1.80 bits per heavy atom. The lowest BCUT2D eigenvalue weighted by Crippen LogP contribution is -2.38. The van der Waals surface area contributed by atoms with E-state index in [0.717, 1.165) is 0 Å². The van der Waals surface area contributed by atoms with Gasteiger partial charge in [-0.1, -0.05) is 26.1 Å². The van der Waals surface area contributed by atoms with Crippen molar-refractivity contribution in [1.29, 1.82) is 0 Å². The van der Waals surface area contributed by atoms with Crippen LogP contribution in [0.15, 0.2) is 0 Å². The van der Waals surface area contributed by atoms with Crippen LogP contribution in [-0.4, -0.2) is 17.9 Å². The first-order valence-electron chi connectivity index (χ1n) is 2.97. The van der Waals surface area contributed by atoms with Crippen molar-refractivity contribution in [2.24, 2.45) is 11.1 Å². The van der Waals surface area contributed by atoms with E-state index in [0.29, 0.717) is 17.9 Å². The number of thiocarbonyl (C=S) groups is 1. The molecule has 0 fully saturated rings. The van der Waals surface area contributed by atoms with Crippen molar-refractivity contribution in [2.45, 2.75) is 13.8 Å². The largest absolute Gasteiger partial charge is 0.393 e. The molecule has 0 atom stereocenters. The molecule has 58 valence electrons. The summed E-state index contributed by atoms with van der Waals surface area (Å²) in [5, 5.41) is 2.52. The van der Waals surface area contributed by atoms with Crippen LogP contribution in [-0.2, 0) is 4.79 Å². The second kappa shape index (κ2) is 3.51. The molecule has 0 aliphatic heterocycles. The van der Waals surface area contributed by atoms with E-state index in [1.54, 1.807) is 0 Å². The Hall–Kier alpha value is -0.640. The van der Waals surface area contributed by atoms with Crippen LogP contribution in [0.1, 0.15) is 13.8 Å². The summed E-state index contributed by atoms with van der Waals surface area (Å²) < 4.78 is 0. The molecular formula is C6H12N2OS. The molecule has 0 aromatic carbocycles. The lowest BCUT2D eigenvalue weighted by atomic mass is 9.94. The Labute approximate surface area is 66.0 Å². The van der Waals surface area contributed by atoms with Crippen LogP contribution in [0, 0.1) is 5.41 Å². The topological polar surface area (TPSA) is 55.1 Å². The predicted octanol–water partition coefficient (Wildman–Crippen LogP) is 0.0447. The van der Waals surface area contributed by atoms with Gasteiger partial charge in [-0.25, -0.2) is 0 Å². The van der Waals surface area contributed by atoms with Crippen LogP contribution in [0.25, 0.3) is 0 Å². The minimum atomic E-state index is -0.282. The van der Waals surface area contributed by atoms with Gasteiger partial charge in [0.15, 0.2) is 0 Å². The molecule has 1 amide bonds. The summed E-state index contributed by atoms with van der Waals surface area (Å²) in [4.78, 5) is 10.3. The minimum Gasteiger partial charge on any atom is -0.393 e. The minimum absolute atomic E-state index is 0.282. The highest BCUT2D eigenvalue weighted by Crippen LogP contribution is 2.12. The highest BCUT2D eigenvalue weighted by atomic mass is 32.1. The number of hydrogen-bond acceptors (Lipinski definition) is 2.